The van der Waals surface area contributed by atoms with Crippen LogP contribution in [0, 0.1) is 5.41 Å². The van der Waals surface area contributed by atoms with Gasteiger partial charge in [-0.25, -0.2) is 0 Å². The molecule has 0 aromatic heterocycles. The average Bonchev–Trinajstić information content (AvgIpc) is 3.24. The first-order valence-electron chi connectivity index (χ1n) is 7.73. The van der Waals surface area contributed by atoms with Crippen molar-refractivity contribution in [2.45, 2.75) is 70.8 Å². The van der Waals surface area contributed by atoms with Crippen molar-refractivity contribution in [2.75, 3.05) is 6.54 Å². The van der Waals surface area contributed by atoms with E-state index in [0.717, 1.165) is 57.9 Å². The van der Waals surface area contributed by atoms with Gasteiger partial charge in [0.2, 0.25) is 5.91 Å². The highest BCUT2D eigenvalue weighted by Crippen LogP contribution is 2.41. The van der Waals surface area contributed by atoms with Crippen LogP contribution in [0.1, 0.15) is 64.7 Å². The Kier molecular flexibility index (Phi) is 4.82. The molecule has 2 aliphatic rings. The highest BCUT2D eigenvalue weighted by atomic mass is 32.1. The first-order chi connectivity index (χ1) is 9.12. The third kappa shape index (κ3) is 3.10. The van der Waals surface area contributed by atoms with Gasteiger partial charge in [-0.15, -0.1) is 0 Å². The number of nitrogens with two attached hydrogens (primary N) is 1. The summed E-state index contributed by atoms with van der Waals surface area (Å²) in [4.78, 5) is 15.5. The monoisotopic (exact) mass is 282 g/mol. The Morgan fingerprint density at radius 2 is 1.95 bits per heavy atom. The first-order valence-corrected chi connectivity index (χ1v) is 8.13. The third-order valence-corrected chi connectivity index (χ3v) is 4.98. The fraction of sp³-hybridized carbons (Fsp3) is 0.867. The molecule has 2 rings (SSSR count). The van der Waals surface area contributed by atoms with Gasteiger partial charge in [0.25, 0.3) is 0 Å². The molecule has 0 radical (unpaired) electrons. The number of carbonyl (C=O) groups is 1. The van der Waals surface area contributed by atoms with Crippen molar-refractivity contribution >= 4 is 23.1 Å². The maximum atomic E-state index is 13.0. The second-order valence-electron chi connectivity index (χ2n) is 6.09. The van der Waals surface area contributed by atoms with Crippen molar-refractivity contribution in [3.63, 3.8) is 0 Å². The molecular weight excluding hydrogens is 256 g/mol. The second-order valence-corrected chi connectivity index (χ2v) is 6.53. The molecular formula is C15H26N2OS. The maximum Gasteiger partial charge on any atom is 0.235 e. The number of amides is 1. The van der Waals surface area contributed by atoms with Gasteiger partial charge in [0.15, 0.2) is 0 Å². The van der Waals surface area contributed by atoms with Crippen LogP contribution in [0.4, 0.5) is 0 Å². The lowest BCUT2D eigenvalue weighted by Crippen LogP contribution is -2.52. The van der Waals surface area contributed by atoms with Crippen LogP contribution in [0.2, 0.25) is 0 Å². The Morgan fingerprint density at radius 3 is 2.42 bits per heavy atom. The molecule has 0 unspecified atom stereocenters. The number of unbranched alkanes of at least 4 members (excludes halogenated alkanes) is 1. The van der Waals surface area contributed by atoms with E-state index < -0.39 is 5.41 Å². The summed E-state index contributed by atoms with van der Waals surface area (Å²) in [5.74, 6) is 0.232. The second kappa shape index (κ2) is 6.21. The molecule has 4 heteroatoms. The molecule has 0 atom stereocenters. The minimum Gasteiger partial charge on any atom is -0.392 e. The summed E-state index contributed by atoms with van der Waals surface area (Å²) in [6, 6.07) is 0.465. The van der Waals surface area contributed by atoms with Crippen LogP contribution in [0.3, 0.4) is 0 Å². The van der Waals surface area contributed by atoms with Gasteiger partial charge < -0.3 is 10.6 Å². The molecule has 1 amide bonds. The molecule has 0 spiro atoms. The fourth-order valence-electron chi connectivity index (χ4n) is 3.16. The third-order valence-electron chi connectivity index (χ3n) is 4.59. The number of hydrogen-bond acceptors (Lipinski definition) is 2. The zero-order valence-electron chi connectivity index (χ0n) is 12.0. The van der Waals surface area contributed by atoms with Crippen LogP contribution in [0.25, 0.3) is 0 Å². The molecule has 0 aromatic rings. The van der Waals surface area contributed by atoms with E-state index in [1.54, 1.807) is 0 Å². The van der Waals surface area contributed by atoms with Crippen LogP contribution in [0.15, 0.2) is 0 Å². The smallest absolute Gasteiger partial charge is 0.235 e. The van der Waals surface area contributed by atoms with Crippen molar-refractivity contribution in [1.29, 1.82) is 0 Å². The van der Waals surface area contributed by atoms with Gasteiger partial charge in [-0.05, 0) is 32.1 Å². The first kappa shape index (κ1) is 14.8. The maximum absolute atomic E-state index is 13.0. The van der Waals surface area contributed by atoms with Crippen LogP contribution in [-0.4, -0.2) is 28.4 Å². The SMILES string of the molecule is CCCCN(C(=O)C1(C(N)=S)CCCCC1)C1CC1. The predicted molar refractivity (Wildman–Crippen MR) is 81.9 cm³/mol. The van der Waals surface area contributed by atoms with Crippen molar-refractivity contribution in [3.05, 3.63) is 0 Å². The molecule has 0 saturated heterocycles. The molecule has 19 heavy (non-hydrogen) atoms. The van der Waals surface area contributed by atoms with Gasteiger partial charge in [-0.1, -0.05) is 44.8 Å². The van der Waals surface area contributed by atoms with E-state index >= 15 is 0 Å². The van der Waals surface area contributed by atoms with Crippen LogP contribution in [0.5, 0.6) is 0 Å². The predicted octanol–water partition coefficient (Wildman–Crippen LogP) is 3.01. The summed E-state index contributed by atoms with van der Waals surface area (Å²) < 4.78 is 0. The molecule has 0 aliphatic heterocycles. The Labute approximate surface area is 121 Å². The molecule has 0 aromatic carbocycles. The molecule has 3 nitrogen and oxygen atoms in total. The Morgan fingerprint density at radius 1 is 1.32 bits per heavy atom. The Bertz CT molecular complexity index is 346. The minimum absolute atomic E-state index is 0.232. The standard InChI is InChI=1S/C15H26N2OS/c1-2-3-11-17(12-7-8-12)14(18)15(13(16)19)9-5-4-6-10-15/h12H,2-11H2,1H3,(H2,16,19). The average molecular weight is 282 g/mol. The number of thiocarbonyl (C=S) groups is 1. The van der Waals surface area contributed by atoms with Gasteiger partial charge in [-0.3, -0.25) is 4.79 Å². The molecule has 0 heterocycles. The molecule has 0 bridgehead atoms. The number of rotatable bonds is 6. The van der Waals surface area contributed by atoms with Crippen LogP contribution >= 0.6 is 12.2 Å². The lowest BCUT2D eigenvalue weighted by atomic mass is 9.72. The van der Waals surface area contributed by atoms with Crippen molar-refractivity contribution in [1.82, 2.24) is 4.90 Å². The fourth-order valence-corrected chi connectivity index (χ4v) is 3.45. The van der Waals surface area contributed by atoms with E-state index in [4.69, 9.17) is 18.0 Å². The number of carbonyl (C=O) groups excluding carboxylic acids is 1. The molecule has 2 aliphatic carbocycles. The molecule has 2 fully saturated rings. The Hall–Kier alpha value is -0.640. The molecule has 108 valence electrons. The Balaban J connectivity index is 2.14. The van der Waals surface area contributed by atoms with E-state index in [1.165, 1.54) is 6.42 Å². The van der Waals surface area contributed by atoms with E-state index in [9.17, 15) is 4.79 Å². The number of nitrogens with zero attached hydrogens (tertiary/aromatic N) is 1. The molecule has 2 saturated carbocycles. The lowest BCUT2D eigenvalue weighted by molar-refractivity contribution is -0.140. The van der Waals surface area contributed by atoms with E-state index in [2.05, 4.69) is 11.8 Å². The van der Waals surface area contributed by atoms with Crippen molar-refractivity contribution < 1.29 is 4.79 Å². The summed E-state index contributed by atoms with van der Waals surface area (Å²) in [5.41, 5.74) is 5.45. The zero-order chi connectivity index (χ0) is 13.9. The van der Waals surface area contributed by atoms with Gasteiger partial charge in [0.1, 0.15) is 0 Å². The normalized spacial score (nSPS) is 21.9. The quantitative estimate of drug-likeness (QED) is 0.762. The summed E-state index contributed by atoms with van der Waals surface area (Å²) in [6.45, 7) is 3.05. The summed E-state index contributed by atoms with van der Waals surface area (Å²) in [5, 5.41) is 0. The summed E-state index contributed by atoms with van der Waals surface area (Å²) >= 11 is 5.27. The van der Waals surface area contributed by atoms with E-state index in [0.29, 0.717) is 11.0 Å². The van der Waals surface area contributed by atoms with Gasteiger partial charge in [0.05, 0.1) is 10.4 Å². The highest BCUT2D eigenvalue weighted by Gasteiger charge is 2.47. The molecule has 2 N–H and O–H groups in total. The van der Waals surface area contributed by atoms with Crippen LogP contribution < -0.4 is 5.73 Å². The van der Waals surface area contributed by atoms with Gasteiger partial charge >= 0.3 is 0 Å². The van der Waals surface area contributed by atoms with E-state index in [1.807, 2.05) is 0 Å². The van der Waals surface area contributed by atoms with Crippen molar-refractivity contribution in [2.24, 2.45) is 11.1 Å². The van der Waals surface area contributed by atoms with Crippen molar-refractivity contribution in [3.8, 4) is 0 Å². The van der Waals surface area contributed by atoms with E-state index in [-0.39, 0.29) is 5.91 Å². The topological polar surface area (TPSA) is 46.3 Å². The number of hydrogen-bond donors (Lipinski definition) is 1. The highest BCUT2D eigenvalue weighted by molar-refractivity contribution is 7.80. The summed E-state index contributed by atoms with van der Waals surface area (Å²) in [6.07, 6.45) is 9.59. The van der Waals surface area contributed by atoms with Crippen LogP contribution in [-0.2, 0) is 4.79 Å². The zero-order valence-corrected chi connectivity index (χ0v) is 12.8. The van der Waals surface area contributed by atoms with Gasteiger partial charge in [-0.2, -0.15) is 0 Å². The van der Waals surface area contributed by atoms with Gasteiger partial charge in [0, 0.05) is 12.6 Å². The summed E-state index contributed by atoms with van der Waals surface area (Å²) in [7, 11) is 0. The minimum atomic E-state index is -0.524. The largest absolute Gasteiger partial charge is 0.392 e. The lowest BCUT2D eigenvalue weighted by Gasteiger charge is -2.39.